The van der Waals surface area contributed by atoms with E-state index in [9.17, 15) is 4.55 Å². The average Bonchev–Trinajstić information content (AvgIpc) is 3.16. The second-order valence-corrected chi connectivity index (χ2v) is 6.95. The van der Waals surface area contributed by atoms with E-state index < -0.39 is 11.2 Å². The molecule has 0 amide bonds. The highest BCUT2D eigenvalue weighted by atomic mass is 32.2. The van der Waals surface area contributed by atoms with E-state index in [2.05, 4.69) is 15.0 Å². The fourth-order valence-corrected chi connectivity index (χ4v) is 3.09. The topological polar surface area (TPSA) is 82.3 Å². The number of hydrogen-bond donors (Lipinski definition) is 0. The van der Waals surface area contributed by atoms with Gasteiger partial charge in [-0.05, 0) is 6.07 Å². The van der Waals surface area contributed by atoms with Crippen molar-refractivity contribution >= 4 is 28.6 Å². The van der Waals surface area contributed by atoms with E-state index in [1.165, 1.54) is 0 Å². The van der Waals surface area contributed by atoms with Crippen LogP contribution in [0.3, 0.4) is 0 Å². The Morgan fingerprint density at radius 1 is 1.04 bits per heavy atom. The van der Waals surface area contributed by atoms with Crippen LogP contribution in [0.2, 0.25) is 0 Å². The van der Waals surface area contributed by atoms with E-state index in [4.69, 9.17) is 4.98 Å². The van der Waals surface area contributed by atoms with Crippen molar-refractivity contribution in [1.29, 1.82) is 0 Å². The van der Waals surface area contributed by atoms with E-state index in [0.29, 0.717) is 11.8 Å². The van der Waals surface area contributed by atoms with E-state index >= 15 is 0 Å². The molecule has 130 valence electrons. The van der Waals surface area contributed by atoms with Gasteiger partial charge in [0, 0.05) is 48.4 Å². The molecule has 1 unspecified atom stereocenters. The lowest BCUT2D eigenvalue weighted by Gasteiger charge is -2.19. The van der Waals surface area contributed by atoms with Crippen molar-refractivity contribution in [2.45, 2.75) is 5.16 Å². The van der Waals surface area contributed by atoms with Gasteiger partial charge in [-0.1, -0.05) is 30.3 Å². The van der Waals surface area contributed by atoms with Crippen LogP contribution in [0.5, 0.6) is 0 Å². The molecule has 0 N–H and O–H groups in total. The third-order valence-electron chi connectivity index (χ3n) is 3.96. The molecule has 8 heteroatoms. The van der Waals surface area contributed by atoms with Gasteiger partial charge in [0.05, 0.1) is 5.69 Å². The molecule has 1 aromatic carbocycles. The molecule has 3 heterocycles. The van der Waals surface area contributed by atoms with Crippen molar-refractivity contribution in [3.63, 3.8) is 0 Å². The van der Waals surface area contributed by atoms with Gasteiger partial charge in [-0.25, -0.2) is 9.97 Å². The molecule has 0 fully saturated rings. The normalized spacial score (nSPS) is 12.3. The molecular weight excluding hydrogens is 348 g/mol. The number of anilines is 2. The largest absolute Gasteiger partial charge is 0.609 e. The molecule has 0 saturated heterocycles. The zero-order valence-electron chi connectivity index (χ0n) is 14.3. The van der Waals surface area contributed by atoms with Gasteiger partial charge in [-0.3, -0.25) is 9.30 Å². The molecule has 0 aliphatic heterocycles. The maximum absolute atomic E-state index is 11.7. The van der Waals surface area contributed by atoms with Gasteiger partial charge in [-0.15, -0.1) is 0 Å². The van der Waals surface area contributed by atoms with Crippen LogP contribution in [0.15, 0.2) is 66.2 Å². The maximum Gasteiger partial charge on any atom is 0.344 e. The first kappa shape index (κ1) is 16.5. The van der Waals surface area contributed by atoms with Crippen LogP contribution in [0, 0.1) is 0 Å². The SMILES string of the molecule is CN(c1ccnc([S+](C)[O-])n1)c1nc(-c2ccccc2)cc2nccn12. The molecule has 0 aliphatic rings. The highest BCUT2D eigenvalue weighted by Gasteiger charge is 2.17. The van der Waals surface area contributed by atoms with Crippen LogP contribution in [0.4, 0.5) is 11.8 Å². The number of imidazole rings is 1. The second kappa shape index (κ2) is 6.74. The zero-order valence-corrected chi connectivity index (χ0v) is 15.1. The lowest BCUT2D eigenvalue weighted by Crippen LogP contribution is -2.18. The van der Waals surface area contributed by atoms with Crippen LogP contribution in [-0.4, -0.2) is 42.2 Å². The van der Waals surface area contributed by atoms with Crippen LogP contribution >= 0.6 is 0 Å². The van der Waals surface area contributed by atoms with Crippen molar-refractivity contribution in [1.82, 2.24) is 24.3 Å². The van der Waals surface area contributed by atoms with Gasteiger partial charge in [0.1, 0.15) is 17.7 Å². The predicted molar refractivity (Wildman–Crippen MR) is 101 cm³/mol. The number of benzene rings is 1. The first-order valence-electron chi connectivity index (χ1n) is 7.93. The van der Waals surface area contributed by atoms with Gasteiger partial charge in [0.15, 0.2) is 0 Å². The Morgan fingerprint density at radius 2 is 1.85 bits per heavy atom. The molecule has 0 saturated carbocycles. The summed E-state index contributed by atoms with van der Waals surface area (Å²) in [4.78, 5) is 19.5. The number of rotatable bonds is 4. The van der Waals surface area contributed by atoms with Crippen molar-refractivity contribution in [3.8, 4) is 11.3 Å². The van der Waals surface area contributed by atoms with Crippen LogP contribution in [-0.2, 0) is 11.2 Å². The minimum absolute atomic E-state index is 0.287. The molecule has 4 aromatic rings. The monoisotopic (exact) mass is 364 g/mol. The highest BCUT2D eigenvalue weighted by Crippen LogP contribution is 2.26. The average molecular weight is 364 g/mol. The molecule has 3 aromatic heterocycles. The molecule has 1 atom stereocenters. The summed E-state index contributed by atoms with van der Waals surface area (Å²) in [5.74, 6) is 1.27. The predicted octanol–water partition coefficient (Wildman–Crippen LogP) is 2.69. The van der Waals surface area contributed by atoms with Gasteiger partial charge >= 0.3 is 5.16 Å². The van der Waals surface area contributed by atoms with Crippen LogP contribution in [0.1, 0.15) is 0 Å². The van der Waals surface area contributed by atoms with Crippen molar-refractivity contribution in [2.75, 3.05) is 18.2 Å². The fourth-order valence-electron chi connectivity index (χ4n) is 2.66. The Hall–Kier alpha value is -2.97. The van der Waals surface area contributed by atoms with Gasteiger partial charge < -0.3 is 4.55 Å². The molecular formula is C18H16N6OS. The minimum Gasteiger partial charge on any atom is -0.609 e. The van der Waals surface area contributed by atoms with E-state index in [0.717, 1.165) is 16.9 Å². The van der Waals surface area contributed by atoms with Crippen molar-refractivity contribution in [3.05, 3.63) is 61.1 Å². The van der Waals surface area contributed by atoms with Gasteiger partial charge in [0.25, 0.3) is 0 Å². The summed E-state index contributed by atoms with van der Waals surface area (Å²) < 4.78 is 13.6. The number of aromatic nitrogens is 5. The third kappa shape index (κ3) is 3.00. The van der Waals surface area contributed by atoms with E-state index in [1.54, 1.807) is 24.7 Å². The van der Waals surface area contributed by atoms with Crippen LogP contribution < -0.4 is 4.90 Å². The van der Waals surface area contributed by atoms with Gasteiger partial charge in [-0.2, -0.15) is 9.97 Å². The molecule has 0 radical (unpaired) electrons. The third-order valence-corrected chi connectivity index (χ3v) is 4.67. The zero-order chi connectivity index (χ0) is 18.1. The Kier molecular flexibility index (Phi) is 4.27. The number of fused-ring (bicyclic) bond motifs is 1. The smallest absolute Gasteiger partial charge is 0.344 e. The molecule has 0 aliphatic carbocycles. The van der Waals surface area contributed by atoms with Crippen molar-refractivity contribution < 1.29 is 4.55 Å². The Labute approximate surface area is 153 Å². The lowest BCUT2D eigenvalue weighted by atomic mass is 10.1. The molecule has 26 heavy (non-hydrogen) atoms. The Balaban J connectivity index is 1.85. The Morgan fingerprint density at radius 3 is 2.62 bits per heavy atom. The molecule has 7 nitrogen and oxygen atoms in total. The summed E-state index contributed by atoms with van der Waals surface area (Å²) in [6, 6.07) is 13.6. The second-order valence-electron chi connectivity index (χ2n) is 5.67. The molecule has 0 spiro atoms. The quantitative estimate of drug-likeness (QED) is 0.409. The summed E-state index contributed by atoms with van der Waals surface area (Å²) >= 11 is -1.25. The first-order chi connectivity index (χ1) is 12.6. The maximum atomic E-state index is 11.7. The standard InChI is InChI=1S/C18H16N6OS/c1-23(15-8-9-20-17(22-15)26(2)25)18-21-14(13-6-4-3-5-7-13)12-16-19-10-11-24(16)18/h3-12H,1-2H3. The van der Waals surface area contributed by atoms with Gasteiger partial charge in [0.2, 0.25) is 5.95 Å². The summed E-state index contributed by atoms with van der Waals surface area (Å²) in [6.45, 7) is 0. The summed E-state index contributed by atoms with van der Waals surface area (Å²) in [7, 11) is 1.86. The first-order valence-corrected chi connectivity index (χ1v) is 9.49. The summed E-state index contributed by atoms with van der Waals surface area (Å²) in [5.41, 5.74) is 2.61. The number of hydrogen-bond acceptors (Lipinski definition) is 6. The van der Waals surface area contributed by atoms with Crippen LogP contribution in [0.25, 0.3) is 16.9 Å². The van der Waals surface area contributed by atoms with Crippen molar-refractivity contribution in [2.24, 2.45) is 0 Å². The molecule has 4 rings (SSSR count). The Bertz CT molecular complexity index is 1050. The van der Waals surface area contributed by atoms with E-state index in [1.807, 2.05) is 58.9 Å². The summed E-state index contributed by atoms with van der Waals surface area (Å²) in [5, 5.41) is 0.287. The number of nitrogens with zero attached hydrogens (tertiary/aromatic N) is 6. The van der Waals surface area contributed by atoms with E-state index in [-0.39, 0.29) is 5.16 Å². The highest BCUT2D eigenvalue weighted by molar-refractivity contribution is 7.90. The molecule has 0 bridgehead atoms. The summed E-state index contributed by atoms with van der Waals surface area (Å²) in [6.07, 6.45) is 6.74. The minimum atomic E-state index is -1.25. The fraction of sp³-hybridized carbons (Fsp3) is 0.111. The lowest BCUT2D eigenvalue weighted by molar-refractivity contribution is 0.592.